The number of hydrogen-bond donors (Lipinski definition) is 2. The van der Waals surface area contributed by atoms with E-state index in [9.17, 15) is 9.59 Å². The first-order valence-corrected chi connectivity index (χ1v) is 13.2. The number of likely N-dealkylation sites (N-methyl/N-ethyl adjacent to an activating group) is 2. The molecule has 2 aromatic rings. The van der Waals surface area contributed by atoms with Gasteiger partial charge in [0.25, 0.3) is 0 Å². The van der Waals surface area contributed by atoms with Crippen LogP contribution in [0.1, 0.15) is 61.1 Å². The van der Waals surface area contributed by atoms with Gasteiger partial charge in [-0.25, -0.2) is 0 Å². The van der Waals surface area contributed by atoms with Crippen molar-refractivity contribution < 1.29 is 9.59 Å². The van der Waals surface area contributed by atoms with Gasteiger partial charge in [0.15, 0.2) is 0 Å². The fraction of sp³-hybridized carbons (Fsp3) is 0.533. The van der Waals surface area contributed by atoms with Crippen LogP contribution < -0.4 is 10.6 Å². The maximum Gasteiger partial charge on any atom is 0.238 e. The molecule has 2 N–H and O–H groups in total. The van der Waals surface area contributed by atoms with Gasteiger partial charge in [-0.3, -0.25) is 19.4 Å². The number of hydrogen-bond acceptors (Lipinski definition) is 4. The number of nitrogens with one attached hydrogen (secondary N) is 2. The lowest BCUT2D eigenvalue weighted by Gasteiger charge is -2.25. The van der Waals surface area contributed by atoms with Gasteiger partial charge in [-0.15, -0.1) is 24.8 Å². The van der Waals surface area contributed by atoms with E-state index in [0.29, 0.717) is 13.1 Å². The standard InChI is InChI=1S/C30H46N4O2.2ClH/c1-11-33(12-2)17-25(35)31-29-21(7)15-19(5)27(23(29)9)28-20(6)16-22(8)30(24(28)10)32-26(36)18-34(13-3)14-4;;/h15-16H,11-14,17-18H2,1-10H3,(H,31,35)(H,32,36);2*1H. The summed E-state index contributed by atoms with van der Waals surface area (Å²) in [6.07, 6.45) is 0. The molecule has 6 nitrogen and oxygen atoms in total. The number of nitrogens with zero attached hydrogens (tertiary/aromatic N) is 2. The minimum absolute atomic E-state index is 0. The summed E-state index contributed by atoms with van der Waals surface area (Å²) in [5.41, 5.74) is 10.5. The van der Waals surface area contributed by atoms with Crippen LogP contribution in [0.25, 0.3) is 11.1 Å². The van der Waals surface area contributed by atoms with Gasteiger partial charge in [-0.2, -0.15) is 0 Å². The average molecular weight is 568 g/mol. The van der Waals surface area contributed by atoms with Gasteiger partial charge in [0.2, 0.25) is 11.8 Å². The van der Waals surface area contributed by atoms with Crippen LogP contribution in [-0.4, -0.2) is 60.9 Å². The van der Waals surface area contributed by atoms with E-state index < -0.39 is 0 Å². The smallest absolute Gasteiger partial charge is 0.238 e. The molecule has 8 heteroatoms. The van der Waals surface area contributed by atoms with Gasteiger partial charge < -0.3 is 10.6 Å². The predicted molar refractivity (Wildman–Crippen MR) is 168 cm³/mol. The molecular weight excluding hydrogens is 519 g/mol. The Morgan fingerprint density at radius 2 is 0.868 bits per heavy atom. The van der Waals surface area contributed by atoms with E-state index in [1.165, 1.54) is 0 Å². The zero-order chi connectivity index (χ0) is 27.2. The number of anilines is 2. The van der Waals surface area contributed by atoms with Gasteiger partial charge in [0.1, 0.15) is 0 Å². The SMILES string of the molecule is CCN(CC)CC(=O)Nc1c(C)cc(C)c(-c2c(C)cc(C)c(NC(=O)CN(CC)CC)c2C)c1C.Cl.Cl. The molecule has 0 aliphatic rings. The lowest BCUT2D eigenvalue weighted by Crippen LogP contribution is -2.33. The molecule has 2 amide bonds. The van der Waals surface area contributed by atoms with Crippen LogP contribution in [0.2, 0.25) is 0 Å². The Kier molecular flexibility index (Phi) is 15.2. The van der Waals surface area contributed by atoms with Crippen molar-refractivity contribution in [2.45, 2.75) is 69.2 Å². The second-order valence-corrected chi connectivity index (χ2v) is 9.79. The second-order valence-electron chi connectivity index (χ2n) is 9.79. The summed E-state index contributed by atoms with van der Waals surface area (Å²) in [5, 5.41) is 6.38. The number of benzene rings is 2. The summed E-state index contributed by atoms with van der Waals surface area (Å²) in [6, 6.07) is 4.29. The summed E-state index contributed by atoms with van der Waals surface area (Å²) < 4.78 is 0. The third kappa shape index (κ3) is 8.44. The van der Waals surface area contributed by atoms with E-state index in [0.717, 1.165) is 82.1 Å². The lowest BCUT2D eigenvalue weighted by atomic mass is 9.85. The molecule has 0 heterocycles. The molecule has 0 unspecified atom stereocenters. The summed E-state index contributed by atoms with van der Waals surface area (Å²) in [7, 11) is 0. The number of carbonyl (C=O) groups excluding carboxylic acids is 2. The number of aryl methyl sites for hydroxylation is 4. The van der Waals surface area contributed by atoms with Crippen molar-refractivity contribution in [3.05, 3.63) is 45.5 Å². The van der Waals surface area contributed by atoms with Gasteiger partial charge >= 0.3 is 0 Å². The first-order valence-electron chi connectivity index (χ1n) is 13.2. The van der Waals surface area contributed by atoms with E-state index in [1.807, 2.05) is 13.8 Å². The molecule has 0 bridgehead atoms. The first kappa shape index (κ1) is 35.9. The van der Waals surface area contributed by atoms with Gasteiger partial charge in [-0.1, -0.05) is 39.8 Å². The van der Waals surface area contributed by atoms with E-state index in [4.69, 9.17) is 0 Å². The molecule has 0 aromatic heterocycles. The highest BCUT2D eigenvalue weighted by Crippen LogP contribution is 2.41. The highest BCUT2D eigenvalue weighted by molar-refractivity contribution is 5.98. The molecule has 38 heavy (non-hydrogen) atoms. The monoisotopic (exact) mass is 566 g/mol. The Hall–Kier alpha value is -2.12. The van der Waals surface area contributed by atoms with E-state index in [2.05, 4.69) is 88.0 Å². The zero-order valence-corrected chi connectivity index (χ0v) is 26.6. The van der Waals surface area contributed by atoms with Crippen molar-refractivity contribution in [1.82, 2.24) is 9.80 Å². The van der Waals surface area contributed by atoms with Crippen LogP contribution in [0.3, 0.4) is 0 Å². The third-order valence-electron chi connectivity index (χ3n) is 7.25. The topological polar surface area (TPSA) is 64.7 Å². The maximum absolute atomic E-state index is 12.9. The molecule has 0 atom stereocenters. The third-order valence-corrected chi connectivity index (χ3v) is 7.25. The normalized spacial score (nSPS) is 10.7. The van der Waals surface area contributed by atoms with Crippen LogP contribution in [0, 0.1) is 41.5 Å². The molecule has 0 fully saturated rings. The molecule has 214 valence electrons. The zero-order valence-electron chi connectivity index (χ0n) is 24.9. The highest BCUT2D eigenvalue weighted by Gasteiger charge is 2.21. The Labute approximate surface area is 242 Å². The lowest BCUT2D eigenvalue weighted by molar-refractivity contribution is -0.118. The largest absolute Gasteiger partial charge is 0.324 e. The minimum Gasteiger partial charge on any atom is -0.324 e. The fourth-order valence-corrected chi connectivity index (χ4v) is 5.18. The summed E-state index contributed by atoms with van der Waals surface area (Å²) in [5.74, 6) is 0.00261. The fourth-order valence-electron chi connectivity index (χ4n) is 5.18. The quantitative estimate of drug-likeness (QED) is 0.321. The minimum atomic E-state index is 0. The molecule has 0 aliphatic carbocycles. The van der Waals surface area contributed by atoms with Gasteiger partial charge in [0.05, 0.1) is 13.1 Å². The van der Waals surface area contributed by atoms with Crippen LogP contribution in [0.5, 0.6) is 0 Å². The van der Waals surface area contributed by atoms with Crippen LogP contribution in [-0.2, 0) is 9.59 Å². The summed E-state index contributed by atoms with van der Waals surface area (Å²) >= 11 is 0. The van der Waals surface area contributed by atoms with Gasteiger partial charge in [0, 0.05) is 11.4 Å². The summed E-state index contributed by atoms with van der Waals surface area (Å²) in [4.78, 5) is 29.9. The number of amides is 2. The van der Waals surface area contributed by atoms with Gasteiger partial charge in [-0.05, 0) is 112 Å². The molecule has 0 saturated heterocycles. The van der Waals surface area contributed by atoms with Crippen molar-refractivity contribution in [3.8, 4) is 11.1 Å². The Morgan fingerprint density at radius 3 is 1.13 bits per heavy atom. The molecular formula is C30H48Cl2N4O2. The average Bonchev–Trinajstić information content (AvgIpc) is 2.83. The van der Waals surface area contributed by atoms with Crippen molar-refractivity contribution >= 4 is 48.0 Å². The molecule has 2 rings (SSSR count). The van der Waals surface area contributed by atoms with Crippen LogP contribution in [0.4, 0.5) is 11.4 Å². The Morgan fingerprint density at radius 1 is 0.579 bits per heavy atom. The number of rotatable bonds is 11. The highest BCUT2D eigenvalue weighted by atomic mass is 35.5. The van der Waals surface area contributed by atoms with Crippen LogP contribution in [0.15, 0.2) is 12.1 Å². The molecule has 0 aliphatic heterocycles. The van der Waals surface area contributed by atoms with Crippen molar-refractivity contribution in [2.75, 3.05) is 49.9 Å². The van der Waals surface area contributed by atoms with Crippen molar-refractivity contribution in [1.29, 1.82) is 0 Å². The molecule has 0 spiro atoms. The number of carbonyl (C=O) groups is 2. The maximum atomic E-state index is 12.9. The van der Waals surface area contributed by atoms with Crippen molar-refractivity contribution in [3.63, 3.8) is 0 Å². The first-order chi connectivity index (χ1) is 17.0. The second kappa shape index (κ2) is 16.1. The Bertz CT molecular complexity index is 1020. The van der Waals surface area contributed by atoms with Crippen LogP contribution >= 0.6 is 24.8 Å². The number of halogens is 2. The molecule has 0 saturated carbocycles. The predicted octanol–water partition coefficient (Wildman–Crippen LogP) is 6.61. The van der Waals surface area contributed by atoms with E-state index in [1.54, 1.807) is 0 Å². The van der Waals surface area contributed by atoms with E-state index >= 15 is 0 Å². The van der Waals surface area contributed by atoms with Crippen molar-refractivity contribution in [2.24, 2.45) is 0 Å². The molecule has 0 radical (unpaired) electrons. The molecule has 2 aromatic carbocycles. The Balaban J connectivity index is 0.00000684. The van der Waals surface area contributed by atoms with E-state index in [-0.39, 0.29) is 36.6 Å². The summed E-state index contributed by atoms with van der Waals surface area (Å²) in [6.45, 7) is 24.9.